The predicted molar refractivity (Wildman–Crippen MR) is 63.6 cm³/mol. The summed E-state index contributed by atoms with van der Waals surface area (Å²) in [5, 5.41) is 1.20. The molecule has 14 heavy (non-hydrogen) atoms. The lowest BCUT2D eigenvalue weighted by Gasteiger charge is -2.09. The molecular weight excluding hydrogens is 287 g/mol. The van der Waals surface area contributed by atoms with E-state index in [4.69, 9.17) is 23.2 Å². The van der Waals surface area contributed by atoms with Crippen molar-refractivity contribution in [3.63, 3.8) is 0 Å². The van der Waals surface area contributed by atoms with E-state index in [0.717, 1.165) is 5.56 Å². The van der Waals surface area contributed by atoms with Crippen molar-refractivity contribution in [2.75, 3.05) is 0 Å². The standard InChI is InChI=1S/C10H9BrCl2O/c1-6(14)8(11)5-7-9(12)3-2-4-10(7)13/h2-4,8H,5H2,1H3. The number of carbonyl (C=O) groups is 1. The van der Waals surface area contributed by atoms with E-state index in [0.29, 0.717) is 16.5 Å². The second-order valence-electron chi connectivity index (χ2n) is 2.98. The molecule has 4 heteroatoms. The zero-order chi connectivity index (χ0) is 10.7. The van der Waals surface area contributed by atoms with E-state index in [1.165, 1.54) is 6.92 Å². The number of ketones is 1. The van der Waals surface area contributed by atoms with Gasteiger partial charge in [-0.2, -0.15) is 0 Å². The molecule has 0 radical (unpaired) electrons. The number of hydrogen-bond acceptors (Lipinski definition) is 1. The molecule has 0 N–H and O–H groups in total. The predicted octanol–water partition coefficient (Wildman–Crippen LogP) is 3.89. The van der Waals surface area contributed by atoms with Gasteiger partial charge < -0.3 is 0 Å². The van der Waals surface area contributed by atoms with Crippen LogP contribution in [0.3, 0.4) is 0 Å². The lowest BCUT2D eigenvalue weighted by molar-refractivity contribution is -0.116. The maximum absolute atomic E-state index is 11.0. The molecule has 0 spiro atoms. The number of hydrogen-bond donors (Lipinski definition) is 0. The van der Waals surface area contributed by atoms with Crippen molar-refractivity contribution in [1.82, 2.24) is 0 Å². The van der Waals surface area contributed by atoms with E-state index >= 15 is 0 Å². The number of carbonyl (C=O) groups excluding carboxylic acids is 1. The Kier molecular flexibility index (Phi) is 4.42. The molecule has 1 aromatic rings. The van der Waals surface area contributed by atoms with Crippen LogP contribution in [0.25, 0.3) is 0 Å². The third-order valence-corrected chi connectivity index (χ3v) is 3.56. The largest absolute Gasteiger partial charge is 0.299 e. The zero-order valence-electron chi connectivity index (χ0n) is 7.56. The maximum Gasteiger partial charge on any atom is 0.143 e. The highest BCUT2D eigenvalue weighted by atomic mass is 79.9. The van der Waals surface area contributed by atoms with Crippen molar-refractivity contribution in [2.45, 2.75) is 18.2 Å². The van der Waals surface area contributed by atoms with E-state index in [-0.39, 0.29) is 10.6 Å². The van der Waals surface area contributed by atoms with Crippen molar-refractivity contribution in [2.24, 2.45) is 0 Å². The summed E-state index contributed by atoms with van der Waals surface area (Å²) in [6, 6.07) is 5.32. The summed E-state index contributed by atoms with van der Waals surface area (Å²) >= 11 is 15.2. The molecular formula is C10H9BrCl2O. The molecule has 0 aliphatic rings. The summed E-state index contributed by atoms with van der Waals surface area (Å²) in [5.41, 5.74) is 0.813. The summed E-state index contributed by atoms with van der Waals surface area (Å²) in [4.78, 5) is 10.8. The van der Waals surface area contributed by atoms with Crippen molar-refractivity contribution in [3.8, 4) is 0 Å². The molecule has 0 fully saturated rings. The average Bonchev–Trinajstić information content (AvgIpc) is 2.11. The molecule has 1 rings (SSSR count). The Morgan fingerprint density at radius 3 is 2.36 bits per heavy atom. The quantitative estimate of drug-likeness (QED) is 0.773. The van der Waals surface area contributed by atoms with Gasteiger partial charge in [0.2, 0.25) is 0 Å². The van der Waals surface area contributed by atoms with Gasteiger partial charge in [-0.1, -0.05) is 45.2 Å². The van der Waals surface area contributed by atoms with Crippen LogP contribution >= 0.6 is 39.1 Å². The Balaban J connectivity index is 2.91. The van der Waals surface area contributed by atoms with Crippen LogP contribution in [0.15, 0.2) is 18.2 Å². The van der Waals surface area contributed by atoms with E-state index < -0.39 is 0 Å². The molecule has 0 bridgehead atoms. The van der Waals surface area contributed by atoms with Gasteiger partial charge in [0, 0.05) is 10.0 Å². The highest BCUT2D eigenvalue weighted by Gasteiger charge is 2.14. The maximum atomic E-state index is 11.0. The van der Waals surface area contributed by atoms with Gasteiger partial charge in [0.15, 0.2) is 0 Å². The first-order valence-corrected chi connectivity index (χ1v) is 5.77. The lowest BCUT2D eigenvalue weighted by Crippen LogP contribution is -2.13. The van der Waals surface area contributed by atoms with Crippen LogP contribution < -0.4 is 0 Å². The molecule has 1 nitrogen and oxygen atoms in total. The zero-order valence-corrected chi connectivity index (χ0v) is 10.7. The molecule has 1 unspecified atom stereocenters. The Morgan fingerprint density at radius 1 is 1.43 bits per heavy atom. The number of alkyl halides is 1. The van der Waals surface area contributed by atoms with E-state index in [9.17, 15) is 4.79 Å². The number of rotatable bonds is 3. The molecule has 0 aliphatic carbocycles. The van der Waals surface area contributed by atoms with Crippen molar-refractivity contribution >= 4 is 44.9 Å². The molecule has 0 saturated heterocycles. The summed E-state index contributed by atoms with van der Waals surface area (Å²) in [5.74, 6) is 0.0704. The molecule has 0 saturated carbocycles. The minimum atomic E-state index is -0.222. The van der Waals surface area contributed by atoms with Gasteiger partial charge in [-0.05, 0) is 31.0 Å². The van der Waals surface area contributed by atoms with Crippen LogP contribution in [0.2, 0.25) is 10.0 Å². The third kappa shape index (κ3) is 2.97. The lowest BCUT2D eigenvalue weighted by atomic mass is 10.1. The fraction of sp³-hybridized carbons (Fsp3) is 0.300. The minimum Gasteiger partial charge on any atom is -0.299 e. The SMILES string of the molecule is CC(=O)C(Br)Cc1c(Cl)cccc1Cl. The van der Waals surface area contributed by atoms with Crippen LogP contribution in [-0.4, -0.2) is 10.6 Å². The van der Waals surface area contributed by atoms with Crippen LogP contribution in [-0.2, 0) is 11.2 Å². The second kappa shape index (κ2) is 5.15. The van der Waals surface area contributed by atoms with Gasteiger partial charge in [0.05, 0.1) is 4.83 Å². The molecule has 0 heterocycles. The molecule has 1 atom stereocenters. The molecule has 0 amide bonds. The Morgan fingerprint density at radius 2 is 1.93 bits per heavy atom. The third-order valence-electron chi connectivity index (χ3n) is 1.89. The Labute approximate surface area is 102 Å². The molecule has 1 aromatic carbocycles. The second-order valence-corrected chi connectivity index (χ2v) is 4.90. The fourth-order valence-corrected chi connectivity index (χ4v) is 1.93. The first-order chi connectivity index (χ1) is 6.52. The van der Waals surface area contributed by atoms with Crippen LogP contribution in [0, 0.1) is 0 Å². The smallest absolute Gasteiger partial charge is 0.143 e. The van der Waals surface area contributed by atoms with Crippen molar-refractivity contribution in [3.05, 3.63) is 33.8 Å². The summed E-state index contributed by atoms with van der Waals surface area (Å²) in [7, 11) is 0. The minimum absolute atomic E-state index is 0.0704. The van der Waals surface area contributed by atoms with Gasteiger partial charge in [-0.15, -0.1) is 0 Å². The summed E-state index contributed by atoms with van der Waals surface area (Å²) in [6.45, 7) is 1.53. The molecule has 76 valence electrons. The van der Waals surface area contributed by atoms with Gasteiger partial charge in [-0.3, -0.25) is 4.79 Å². The normalized spacial score (nSPS) is 12.6. The van der Waals surface area contributed by atoms with E-state index in [1.807, 2.05) is 0 Å². The monoisotopic (exact) mass is 294 g/mol. The van der Waals surface area contributed by atoms with Gasteiger partial charge in [0.1, 0.15) is 5.78 Å². The number of benzene rings is 1. The molecule has 0 aliphatic heterocycles. The van der Waals surface area contributed by atoms with Crippen LogP contribution in [0.5, 0.6) is 0 Å². The Hall–Kier alpha value is -0.0500. The highest BCUT2D eigenvalue weighted by Crippen LogP contribution is 2.27. The van der Waals surface area contributed by atoms with E-state index in [1.54, 1.807) is 18.2 Å². The van der Waals surface area contributed by atoms with Gasteiger partial charge in [-0.25, -0.2) is 0 Å². The van der Waals surface area contributed by atoms with Crippen molar-refractivity contribution < 1.29 is 4.79 Å². The summed E-state index contributed by atoms with van der Waals surface area (Å²) < 4.78 is 0. The summed E-state index contributed by atoms with van der Waals surface area (Å²) in [6.07, 6.45) is 0.522. The van der Waals surface area contributed by atoms with E-state index in [2.05, 4.69) is 15.9 Å². The van der Waals surface area contributed by atoms with Crippen LogP contribution in [0.1, 0.15) is 12.5 Å². The van der Waals surface area contributed by atoms with Gasteiger partial charge >= 0.3 is 0 Å². The van der Waals surface area contributed by atoms with Crippen molar-refractivity contribution in [1.29, 1.82) is 0 Å². The fourth-order valence-electron chi connectivity index (χ4n) is 1.05. The topological polar surface area (TPSA) is 17.1 Å². The van der Waals surface area contributed by atoms with Gasteiger partial charge in [0.25, 0.3) is 0 Å². The first-order valence-electron chi connectivity index (χ1n) is 4.09. The Bertz CT molecular complexity index is 332. The molecule has 0 aromatic heterocycles. The average molecular weight is 296 g/mol. The van der Waals surface area contributed by atoms with Crippen LogP contribution in [0.4, 0.5) is 0 Å². The number of Topliss-reactive ketones (excluding diaryl/α,β-unsaturated/α-hetero) is 1. The first kappa shape index (κ1) is 12.0. The highest BCUT2D eigenvalue weighted by molar-refractivity contribution is 9.10. The number of halogens is 3.